The highest BCUT2D eigenvalue weighted by Crippen LogP contribution is 2.25. The maximum atomic E-state index is 10.5. The third-order valence-corrected chi connectivity index (χ3v) is 3.03. The van der Waals surface area contributed by atoms with Crippen molar-refractivity contribution in [1.82, 2.24) is 9.78 Å². The first-order valence-electron chi connectivity index (χ1n) is 6.69. The number of carboxylic acid groups (broad SMARTS) is 1. The van der Waals surface area contributed by atoms with E-state index in [1.165, 1.54) is 0 Å². The third-order valence-electron chi connectivity index (χ3n) is 3.03. The molecule has 21 heavy (non-hydrogen) atoms. The summed E-state index contributed by atoms with van der Waals surface area (Å²) < 4.78 is 7.63. The van der Waals surface area contributed by atoms with Gasteiger partial charge in [0.15, 0.2) is 0 Å². The van der Waals surface area contributed by atoms with Crippen molar-refractivity contribution in [1.29, 1.82) is 0 Å². The Morgan fingerprint density at radius 2 is 2.10 bits per heavy atom. The largest absolute Gasteiger partial charge is 0.491 e. The standard InChI is InChI=1S/C16H18N2O3/c1-12-10-14(4-5-15(19)20)11-13(2)16(12)21-9-8-18-7-3-6-17-18/h3-7,10-11H,8-9H2,1-2H3,(H,19,20). The molecule has 0 spiro atoms. The highest BCUT2D eigenvalue weighted by molar-refractivity contribution is 5.85. The van der Waals surface area contributed by atoms with Gasteiger partial charge < -0.3 is 9.84 Å². The van der Waals surface area contributed by atoms with Crippen LogP contribution in [0.3, 0.4) is 0 Å². The summed E-state index contributed by atoms with van der Waals surface area (Å²) in [6, 6.07) is 5.70. The van der Waals surface area contributed by atoms with Gasteiger partial charge in [-0.1, -0.05) is 0 Å². The van der Waals surface area contributed by atoms with Crippen LogP contribution in [0.15, 0.2) is 36.7 Å². The molecule has 0 saturated heterocycles. The molecule has 110 valence electrons. The fourth-order valence-electron chi connectivity index (χ4n) is 2.15. The van der Waals surface area contributed by atoms with Gasteiger partial charge in [-0.05, 0) is 54.8 Å². The first kappa shape index (κ1) is 14.8. The molecule has 0 aliphatic rings. The fourth-order valence-corrected chi connectivity index (χ4v) is 2.15. The van der Waals surface area contributed by atoms with E-state index in [1.807, 2.05) is 42.9 Å². The number of aromatic nitrogens is 2. The van der Waals surface area contributed by atoms with Gasteiger partial charge >= 0.3 is 5.97 Å². The van der Waals surface area contributed by atoms with Crippen molar-refractivity contribution < 1.29 is 14.6 Å². The number of aryl methyl sites for hydroxylation is 2. The van der Waals surface area contributed by atoms with E-state index in [9.17, 15) is 4.79 Å². The van der Waals surface area contributed by atoms with Crippen molar-refractivity contribution >= 4 is 12.0 Å². The first-order valence-corrected chi connectivity index (χ1v) is 6.69. The van der Waals surface area contributed by atoms with Crippen molar-refractivity contribution in [2.24, 2.45) is 0 Å². The second-order valence-corrected chi connectivity index (χ2v) is 4.77. The van der Waals surface area contributed by atoms with Crippen LogP contribution in [0.1, 0.15) is 16.7 Å². The van der Waals surface area contributed by atoms with Gasteiger partial charge in [-0.3, -0.25) is 4.68 Å². The number of hydrogen-bond donors (Lipinski definition) is 1. The number of rotatable bonds is 6. The average molecular weight is 286 g/mol. The number of benzene rings is 1. The zero-order valence-electron chi connectivity index (χ0n) is 12.1. The van der Waals surface area contributed by atoms with Gasteiger partial charge in [0, 0.05) is 18.5 Å². The van der Waals surface area contributed by atoms with E-state index in [-0.39, 0.29) is 0 Å². The van der Waals surface area contributed by atoms with Gasteiger partial charge in [-0.2, -0.15) is 5.10 Å². The molecule has 0 unspecified atom stereocenters. The lowest BCUT2D eigenvalue weighted by Gasteiger charge is -2.13. The third kappa shape index (κ3) is 4.21. The maximum absolute atomic E-state index is 10.5. The lowest BCUT2D eigenvalue weighted by atomic mass is 10.1. The van der Waals surface area contributed by atoms with E-state index in [1.54, 1.807) is 12.3 Å². The predicted molar refractivity (Wildman–Crippen MR) is 80.3 cm³/mol. The van der Waals surface area contributed by atoms with E-state index < -0.39 is 5.97 Å². The molecule has 0 saturated carbocycles. The number of carboxylic acids is 1. The highest BCUT2D eigenvalue weighted by Gasteiger charge is 2.06. The van der Waals surface area contributed by atoms with Gasteiger partial charge in [0.25, 0.3) is 0 Å². The Kier molecular flexibility index (Phi) is 4.77. The Morgan fingerprint density at radius 1 is 1.38 bits per heavy atom. The molecule has 2 rings (SSSR count). The van der Waals surface area contributed by atoms with Gasteiger partial charge in [-0.25, -0.2) is 4.79 Å². The second kappa shape index (κ2) is 6.74. The SMILES string of the molecule is Cc1cc(C=CC(=O)O)cc(C)c1OCCn1cccn1. The Labute approximate surface area is 123 Å². The van der Waals surface area contributed by atoms with Gasteiger partial charge in [-0.15, -0.1) is 0 Å². The summed E-state index contributed by atoms with van der Waals surface area (Å²) in [6.07, 6.45) is 6.34. The Bertz CT molecular complexity index is 623. The normalized spacial score (nSPS) is 11.0. The van der Waals surface area contributed by atoms with Crippen LogP contribution in [0.5, 0.6) is 5.75 Å². The van der Waals surface area contributed by atoms with Gasteiger partial charge in [0.05, 0.1) is 6.54 Å². The molecule has 5 heteroatoms. The molecule has 0 aliphatic carbocycles. The topological polar surface area (TPSA) is 64.3 Å². The number of hydrogen-bond acceptors (Lipinski definition) is 3. The number of carbonyl (C=O) groups is 1. The van der Waals surface area contributed by atoms with Crippen LogP contribution < -0.4 is 4.74 Å². The van der Waals surface area contributed by atoms with Crippen molar-refractivity contribution in [3.8, 4) is 5.75 Å². The zero-order valence-corrected chi connectivity index (χ0v) is 12.1. The van der Waals surface area contributed by atoms with Crippen LogP contribution in [0.25, 0.3) is 6.08 Å². The van der Waals surface area contributed by atoms with Crippen LogP contribution in [-0.2, 0) is 11.3 Å². The summed E-state index contributed by atoms with van der Waals surface area (Å²) in [5, 5.41) is 12.8. The van der Waals surface area contributed by atoms with Crippen LogP contribution in [0.4, 0.5) is 0 Å². The second-order valence-electron chi connectivity index (χ2n) is 4.77. The summed E-state index contributed by atoms with van der Waals surface area (Å²) >= 11 is 0. The molecule has 0 atom stereocenters. The lowest BCUT2D eigenvalue weighted by molar-refractivity contribution is -0.131. The number of aliphatic carboxylic acids is 1. The maximum Gasteiger partial charge on any atom is 0.328 e. The minimum atomic E-state index is -0.954. The summed E-state index contributed by atoms with van der Waals surface area (Å²) in [6.45, 7) is 5.13. The van der Waals surface area contributed by atoms with Gasteiger partial charge in [0.1, 0.15) is 12.4 Å². The smallest absolute Gasteiger partial charge is 0.328 e. The highest BCUT2D eigenvalue weighted by atomic mass is 16.5. The molecule has 0 radical (unpaired) electrons. The molecule has 1 aromatic heterocycles. The van der Waals surface area contributed by atoms with E-state index >= 15 is 0 Å². The number of ether oxygens (including phenoxy) is 1. The molecule has 0 amide bonds. The Balaban J connectivity index is 2.04. The van der Waals surface area contributed by atoms with E-state index in [0.29, 0.717) is 13.2 Å². The molecule has 0 fully saturated rings. The molecule has 1 N–H and O–H groups in total. The van der Waals surface area contributed by atoms with E-state index in [4.69, 9.17) is 9.84 Å². The Morgan fingerprint density at radius 3 is 2.67 bits per heavy atom. The summed E-state index contributed by atoms with van der Waals surface area (Å²) in [5.74, 6) is -0.112. The number of nitrogens with zero attached hydrogens (tertiary/aromatic N) is 2. The lowest BCUT2D eigenvalue weighted by Crippen LogP contribution is -2.09. The van der Waals surface area contributed by atoms with Crippen molar-refractivity contribution in [3.05, 3.63) is 53.4 Å². The predicted octanol–water partition coefficient (Wildman–Crippen LogP) is 2.68. The molecule has 0 aliphatic heterocycles. The van der Waals surface area contributed by atoms with Crippen LogP contribution in [0, 0.1) is 13.8 Å². The van der Waals surface area contributed by atoms with E-state index in [2.05, 4.69) is 5.10 Å². The summed E-state index contributed by atoms with van der Waals surface area (Å²) in [4.78, 5) is 10.5. The van der Waals surface area contributed by atoms with Crippen LogP contribution >= 0.6 is 0 Å². The molecule has 2 aromatic rings. The molecule has 0 bridgehead atoms. The Hall–Kier alpha value is -2.56. The molecule has 1 heterocycles. The molecular weight excluding hydrogens is 268 g/mol. The average Bonchev–Trinajstić information content (AvgIpc) is 2.92. The minimum Gasteiger partial charge on any atom is -0.491 e. The monoisotopic (exact) mass is 286 g/mol. The molecule has 1 aromatic carbocycles. The fraction of sp³-hybridized carbons (Fsp3) is 0.250. The van der Waals surface area contributed by atoms with Crippen molar-refractivity contribution in [2.75, 3.05) is 6.61 Å². The molecule has 5 nitrogen and oxygen atoms in total. The quantitative estimate of drug-likeness (QED) is 0.829. The van der Waals surface area contributed by atoms with Crippen molar-refractivity contribution in [2.45, 2.75) is 20.4 Å². The summed E-state index contributed by atoms with van der Waals surface area (Å²) in [5.41, 5.74) is 2.83. The van der Waals surface area contributed by atoms with Gasteiger partial charge in [0.2, 0.25) is 0 Å². The van der Waals surface area contributed by atoms with Crippen molar-refractivity contribution in [3.63, 3.8) is 0 Å². The summed E-state index contributed by atoms with van der Waals surface area (Å²) in [7, 11) is 0. The first-order chi connectivity index (χ1) is 10.1. The van der Waals surface area contributed by atoms with E-state index in [0.717, 1.165) is 28.5 Å². The van der Waals surface area contributed by atoms with Crippen LogP contribution in [-0.4, -0.2) is 27.5 Å². The minimum absolute atomic E-state index is 0.535. The zero-order chi connectivity index (χ0) is 15.2. The van der Waals surface area contributed by atoms with Crippen LogP contribution in [0.2, 0.25) is 0 Å². The molecular formula is C16H18N2O3.